The van der Waals surface area contributed by atoms with Gasteiger partial charge < -0.3 is 4.79 Å². The molecule has 1 heteroatoms. The molecular weight excluding hydrogens is 148 g/mol. The summed E-state index contributed by atoms with van der Waals surface area (Å²) in [5, 5.41) is 0. The van der Waals surface area contributed by atoms with Gasteiger partial charge in [0.05, 0.1) is 0 Å². The van der Waals surface area contributed by atoms with E-state index in [1.807, 2.05) is 0 Å². The molecule has 0 aromatic heterocycles. The van der Waals surface area contributed by atoms with Crippen LogP contribution < -0.4 is 0 Å². The maximum atomic E-state index is 10.9. The molecule has 0 spiro atoms. The fourth-order valence-corrected chi connectivity index (χ4v) is 2.44. The van der Waals surface area contributed by atoms with E-state index in [1.54, 1.807) is 0 Å². The van der Waals surface area contributed by atoms with Gasteiger partial charge in [-0.3, -0.25) is 0 Å². The molecule has 0 bridgehead atoms. The summed E-state index contributed by atoms with van der Waals surface area (Å²) in [6, 6.07) is 0. The molecule has 1 aliphatic rings. The van der Waals surface area contributed by atoms with Crippen LogP contribution in [0.4, 0.5) is 0 Å². The van der Waals surface area contributed by atoms with Crippen LogP contribution in [0.3, 0.4) is 0 Å². The van der Waals surface area contributed by atoms with Crippen molar-refractivity contribution >= 4 is 6.29 Å². The van der Waals surface area contributed by atoms with Gasteiger partial charge in [-0.25, -0.2) is 0 Å². The molecule has 1 rings (SSSR count). The third-order valence-corrected chi connectivity index (χ3v) is 3.94. The molecule has 1 fully saturated rings. The van der Waals surface area contributed by atoms with Gasteiger partial charge in [0.2, 0.25) is 0 Å². The topological polar surface area (TPSA) is 17.1 Å². The highest BCUT2D eigenvalue weighted by molar-refractivity contribution is 5.55. The summed E-state index contributed by atoms with van der Waals surface area (Å²) in [4.78, 5) is 10.9. The molecule has 0 radical (unpaired) electrons. The summed E-state index contributed by atoms with van der Waals surface area (Å²) in [7, 11) is 0. The Morgan fingerprint density at radius 3 is 2.25 bits per heavy atom. The van der Waals surface area contributed by atoms with Gasteiger partial charge in [0.25, 0.3) is 0 Å². The monoisotopic (exact) mass is 168 g/mol. The molecular formula is C11H20O. The Kier molecular flexibility index (Phi) is 2.60. The Morgan fingerprint density at radius 1 is 1.25 bits per heavy atom. The summed E-state index contributed by atoms with van der Waals surface area (Å²) in [6.45, 7) is 8.92. The predicted octanol–water partition coefficient (Wildman–Crippen LogP) is 2.89. The average molecular weight is 168 g/mol. The van der Waals surface area contributed by atoms with E-state index in [-0.39, 0.29) is 11.3 Å². The Bertz CT molecular complexity index is 172. The Morgan fingerprint density at radius 2 is 1.83 bits per heavy atom. The van der Waals surface area contributed by atoms with Crippen LogP contribution in [0, 0.1) is 23.2 Å². The summed E-state index contributed by atoms with van der Waals surface area (Å²) < 4.78 is 0. The first-order valence-corrected chi connectivity index (χ1v) is 4.95. The van der Waals surface area contributed by atoms with Crippen molar-refractivity contribution in [3.63, 3.8) is 0 Å². The second-order valence-corrected chi connectivity index (χ2v) is 4.94. The van der Waals surface area contributed by atoms with Crippen molar-refractivity contribution in [3.8, 4) is 0 Å². The lowest BCUT2D eigenvalue weighted by Crippen LogP contribution is -2.40. The Balaban J connectivity index is 2.83. The van der Waals surface area contributed by atoms with Gasteiger partial charge in [-0.05, 0) is 30.1 Å². The molecule has 0 heterocycles. The average Bonchev–Trinajstić information content (AvgIpc) is 1.98. The minimum absolute atomic E-state index is 0.208. The Labute approximate surface area is 75.5 Å². The summed E-state index contributed by atoms with van der Waals surface area (Å²) in [5.41, 5.74) is 0.208. The van der Waals surface area contributed by atoms with E-state index < -0.39 is 0 Å². The van der Waals surface area contributed by atoms with Crippen LogP contribution in [0.15, 0.2) is 0 Å². The van der Waals surface area contributed by atoms with Crippen LogP contribution in [0.5, 0.6) is 0 Å². The van der Waals surface area contributed by atoms with Gasteiger partial charge in [0, 0.05) is 5.92 Å². The van der Waals surface area contributed by atoms with Crippen LogP contribution in [0.25, 0.3) is 0 Å². The quantitative estimate of drug-likeness (QED) is 0.550. The third-order valence-electron chi connectivity index (χ3n) is 3.94. The summed E-state index contributed by atoms with van der Waals surface area (Å²) in [5.74, 6) is 1.53. The van der Waals surface area contributed by atoms with Crippen LogP contribution in [0.2, 0.25) is 0 Å². The van der Waals surface area contributed by atoms with Crippen molar-refractivity contribution in [2.75, 3.05) is 0 Å². The number of carbonyl (C=O) groups is 1. The molecule has 0 unspecified atom stereocenters. The minimum Gasteiger partial charge on any atom is -0.303 e. The van der Waals surface area contributed by atoms with E-state index >= 15 is 0 Å². The van der Waals surface area contributed by atoms with Gasteiger partial charge in [0.15, 0.2) is 0 Å². The lowest BCUT2D eigenvalue weighted by Gasteiger charge is -2.44. The highest BCUT2D eigenvalue weighted by Crippen LogP contribution is 2.46. The number of rotatable bonds is 1. The second-order valence-electron chi connectivity index (χ2n) is 4.94. The molecule has 1 aliphatic carbocycles. The summed E-state index contributed by atoms with van der Waals surface area (Å²) >= 11 is 0. The maximum absolute atomic E-state index is 10.9. The molecule has 1 nitrogen and oxygen atoms in total. The smallest absolute Gasteiger partial charge is 0.123 e. The Hall–Kier alpha value is -0.330. The SMILES string of the molecule is C[C@@H]1CC[C@H](C)[C@@H](C=O)C1(C)C. The van der Waals surface area contributed by atoms with Crippen molar-refractivity contribution < 1.29 is 4.79 Å². The molecule has 3 atom stereocenters. The van der Waals surface area contributed by atoms with E-state index in [1.165, 1.54) is 19.1 Å². The fourth-order valence-electron chi connectivity index (χ4n) is 2.44. The van der Waals surface area contributed by atoms with Crippen molar-refractivity contribution in [1.82, 2.24) is 0 Å². The number of aldehydes is 1. The van der Waals surface area contributed by atoms with E-state index in [4.69, 9.17) is 0 Å². The zero-order valence-corrected chi connectivity index (χ0v) is 8.63. The first-order chi connectivity index (χ1) is 5.50. The number of carbonyl (C=O) groups excluding carboxylic acids is 1. The fraction of sp³-hybridized carbons (Fsp3) is 0.909. The largest absolute Gasteiger partial charge is 0.303 e. The standard InChI is InChI=1S/C11H20O/c1-8-5-6-9(2)11(3,4)10(8)7-12/h7-10H,5-6H2,1-4H3/t8-,9+,10+/m0/s1. The van der Waals surface area contributed by atoms with Gasteiger partial charge in [-0.15, -0.1) is 0 Å². The number of hydrogen-bond acceptors (Lipinski definition) is 1. The predicted molar refractivity (Wildman–Crippen MR) is 50.9 cm³/mol. The highest BCUT2D eigenvalue weighted by atomic mass is 16.1. The second kappa shape index (κ2) is 3.20. The zero-order valence-electron chi connectivity index (χ0n) is 8.63. The van der Waals surface area contributed by atoms with Crippen molar-refractivity contribution in [2.45, 2.75) is 40.5 Å². The highest BCUT2D eigenvalue weighted by Gasteiger charge is 2.41. The van der Waals surface area contributed by atoms with E-state index in [0.29, 0.717) is 11.8 Å². The van der Waals surface area contributed by atoms with Crippen molar-refractivity contribution in [2.24, 2.45) is 23.2 Å². The molecule has 0 N–H and O–H groups in total. The third kappa shape index (κ3) is 1.41. The van der Waals surface area contributed by atoms with Crippen LogP contribution in [-0.2, 0) is 4.79 Å². The first-order valence-electron chi connectivity index (χ1n) is 4.95. The van der Waals surface area contributed by atoms with Crippen LogP contribution in [-0.4, -0.2) is 6.29 Å². The first kappa shape index (κ1) is 9.76. The molecule has 0 amide bonds. The molecule has 0 aliphatic heterocycles. The number of hydrogen-bond donors (Lipinski definition) is 0. The molecule has 1 saturated carbocycles. The zero-order chi connectivity index (χ0) is 9.35. The molecule has 0 aromatic carbocycles. The lowest BCUT2D eigenvalue weighted by molar-refractivity contribution is -0.120. The summed E-state index contributed by atoms with van der Waals surface area (Å²) in [6.07, 6.45) is 3.66. The normalized spacial score (nSPS) is 40.8. The van der Waals surface area contributed by atoms with Crippen molar-refractivity contribution in [3.05, 3.63) is 0 Å². The van der Waals surface area contributed by atoms with Gasteiger partial charge in [-0.1, -0.05) is 27.7 Å². The van der Waals surface area contributed by atoms with Crippen molar-refractivity contribution in [1.29, 1.82) is 0 Å². The molecule has 70 valence electrons. The molecule has 12 heavy (non-hydrogen) atoms. The van der Waals surface area contributed by atoms with Crippen LogP contribution >= 0.6 is 0 Å². The van der Waals surface area contributed by atoms with Gasteiger partial charge >= 0.3 is 0 Å². The van der Waals surface area contributed by atoms with E-state index in [9.17, 15) is 4.79 Å². The van der Waals surface area contributed by atoms with E-state index in [2.05, 4.69) is 27.7 Å². The lowest BCUT2D eigenvalue weighted by atomic mass is 9.60. The van der Waals surface area contributed by atoms with Crippen LogP contribution in [0.1, 0.15) is 40.5 Å². The van der Waals surface area contributed by atoms with E-state index in [0.717, 1.165) is 0 Å². The maximum Gasteiger partial charge on any atom is 0.123 e. The molecule has 0 saturated heterocycles. The molecule has 0 aromatic rings. The van der Waals surface area contributed by atoms with Gasteiger partial charge in [0.1, 0.15) is 6.29 Å². The van der Waals surface area contributed by atoms with Gasteiger partial charge in [-0.2, -0.15) is 0 Å². The minimum atomic E-state index is 0.208.